The molecule has 0 bridgehead atoms. The molecule has 0 aromatic heterocycles. The summed E-state index contributed by atoms with van der Waals surface area (Å²) in [6, 6.07) is 8.66. The summed E-state index contributed by atoms with van der Waals surface area (Å²) >= 11 is 3.64. The van der Waals surface area contributed by atoms with Crippen LogP contribution in [-0.4, -0.2) is 0 Å². The van der Waals surface area contributed by atoms with E-state index >= 15 is 0 Å². The van der Waals surface area contributed by atoms with Gasteiger partial charge in [-0.05, 0) is 71.4 Å². The third-order valence-electron chi connectivity index (χ3n) is 5.71. The van der Waals surface area contributed by atoms with E-state index in [0.717, 1.165) is 4.48 Å². The molecule has 0 amide bonds. The zero-order chi connectivity index (χ0) is 19.8. The summed E-state index contributed by atoms with van der Waals surface area (Å²) in [4.78, 5) is 0. The van der Waals surface area contributed by atoms with Gasteiger partial charge in [0.25, 0.3) is 0 Å². The first-order valence-corrected chi connectivity index (χ1v) is 9.93. The molecular weight excluding hydrogens is 392 g/mol. The Morgan fingerprint density at radius 2 is 1.59 bits per heavy atom. The number of hydrogen-bond acceptors (Lipinski definition) is 0. The van der Waals surface area contributed by atoms with Gasteiger partial charge in [0.1, 0.15) is 0 Å². The van der Waals surface area contributed by atoms with Crippen molar-refractivity contribution >= 4 is 21.5 Å². The topological polar surface area (TPSA) is 0 Å². The normalized spacial score (nSPS) is 22.3. The molecule has 1 unspecified atom stereocenters. The largest absolute Gasteiger partial charge is 0.0987 e. The highest BCUT2D eigenvalue weighted by atomic mass is 79.9. The Kier molecular flexibility index (Phi) is 5.26. The van der Waals surface area contributed by atoms with Gasteiger partial charge in [-0.25, -0.2) is 0 Å². The zero-order valence-corrected chi connectivity index (χ0v) is 17.9. The molecule has 0 saturated carbocycles. The van der Waals surface area contributed by atoms with Gasteiger partial charge in [0, 0.05) is 4.48 Å². The quantitative estimate of drug-likeness (QED) is 0.430. The van der Waals surface area contributed by atoms with Crippen molar-refractivity contribution in [2.24, 2.45) is 0 Å². The predicted octanol–water partition coefficient (Wildman–Crippen LogP) is 7.75. The van der Waals surface area contributed by atoms with Gasteiger partial charge in [-0.1, -0.05) is 90.3 Å². The van der Waals surface area contributed by atoms with E-state index in [4.69, 9.17) is 0 Å². The van der Waals surface area contributed by atoms with E-state index in [9.17, 15) is 0 Å². The predicted molar refractivity (Wildman–Crippen MR) is 123 cm³/mol. The molecule has 1 heteroatoms. The second kappa shape index (κ2) is 7.32. The molecule has 1 aromatic rings. The van der Waals surface area contributed by atoms with Crippen molar-refractivity contribution in [2.75, 3.05) is 0 Å². The van der Waals surface area contributed by atoms with E-state index in [1.54, 1.807) is 0 Å². The average molecular weight is 417 g/mol. The maximum absolute atomic E-state index is 4.21. The molecule has 0 nitrogen and oxygen atoms in total. The monoisotopic (exact) mass is 416 g/mol. The maximum atomic E-state index is 4.21. The van der Waals surface area contributed by atoms with E-state index in [1.807, 2.05) is 18.2 Å². The number of hydrogen-bond donors (Lipinski definition) is 0. The Morgan fingerprint density at radius 3 is 2.19 bits per heavy atom. The van der Waals surface area contributed by atoms with Crippen molar-refractivity contribution in [1.82, 2.24) is 0 Å². The number of rotatable bonds is 5. The van der Waals surface area contributed by atoms with E-state index in [2.05, 4.69) is 98.9 Å². The van der Waals surface area contributed by atoms with E-state index in [1.165, 1.54) is 44.6 Å². The molecule has 0 N–H and O–H groups in total. The van der Waals surface area contributed by atoms with Crippen LogP contribution in [0.3, 0.4) is 0 Å². The lowest BCUT2D eigenvalue weighted by molar-refractivity contribution is 0.771. The second-order valence-corrected chi connectivity index (χ2v) is 7.76. The minimum absolute atomic E-state index is 0.384. The summed E-state index contributed by atoms with van der Waals surface area (Å²) in [6.45, 7) is 18.7. The molecule has 1 atom stereocenters. The number of fused-ring (bicyclic) bond motifs is 2. The van der Waals surface area contributed by atoms with Crippen LogP contribution in [0.1, 0.15) is 31.9 Å². The molecule has 0 radical (unpaired) electrons. The molecule has 3 rings (SSSR count). The van der Waals surface area contributed by atoms with E-state index < -0.39 is 0 Å². The van der Waals surface area contributed by atoms with Gasteiger partial charge in [-0.2, -0.15) is 0 Å². The fraction of sp³-hybridized carbons (Fsp3) is 0.154. The van der Waals surface area contributed by atoms with Gasteiger partial charge in [-0.3, -0.25) is 0 Å². The standard InChI is InChI=1S/C26H25Br/c1-7-13-20-21-14-11-12-15-24(21)26(23(20)10-4)22(9-3)17(5)18(6)25(26)16-19(27)8-2/h7-16H,2-4H2,1,5-6H3/b13-7-,19-16+. The average Bonchev–Trinajstić information content (AvgIpc) is 3.07. The lowest BCUT2D eigenvalue weighted by Crippen LogP contribution is -2.28. The Morgan fingerprint density at radius 1 is 0.963 bits per heavy atom. The minimum atomic E-state index is -0.384. The summed E-state index contributed by atoms with van der Waals surface area (Å²) in [5.41, 5.74) is 9.64. The van der Waals surface area contributed by atoms with Crippen molar-refractivity contribution in [3.05, 3.63) is 124 Å². The van der Waals surface area contributed by atoms with Crippen molar-refractivity contribution in [2.45, 2.75) is 26.2 Å². The van der Waals surface area contributed by atoms with Gasteiger partial charge in [-0.15, -0.1) is 0 Å². The third-order valence-corrected chi connectivity index (χ3v) is 6.27. The van der Waals surface area contributed by atoms with Crippen molar-refractivity contribution in [1.29, 1.82) is 0 Å². The smallest absolute Gasteiger partial charge is 0.0718 e. The Labute approximate surface area is 171 Å². The number of halogens is 1. The minimum Gasteiger partial charge on any atom is -0.0987 e. The molecular formula is C26H25Br. The Balaban J connectivity index is 2.55. The first-order valence-electron chi connectivity index (χ1n) is 9.13. The fourth-order valence-electron chi connectivity index (χ4n) is 4.56. The summed E-state index contributed by atoms with van der Waals surface area (Å²) in [7, 11) is 0. The molecule has 0 fully saturated rings. The van der Waals surface area contributed by atoms with Crippen LogP contribution in [0.25, 0.3) is 5.57 Å². The second-order valence-electron chi connectivity index (χ2n) is 6.84. The van der Waals surface area contributed by atoms with E-state index in [0.29, 0.717) is 0 Å². The molecule has 2 aliphatic carbocycles. The van der Waals surface area contributed by atoms with Crippen LogP contribution in [0.15, 0.2) is 113 Å². The van der Waals surface area contributed by atoms with Gasteiger partial charge in [0.2, 0.25) is 0 Å². The van der Waals surface area contributed by atoms with Gasteiger partial charge in [0.05, 0.1) is 5.41 Å². The molecule has 2 aliphatic rings. The van der Waals surface area contributed by atoms with Crippen LogP contribution in [0.4, 0.5) is 0 Å². The summed E-state index contributed by atoms with van der Waals surface area (Å²) in [6.07, 6.45) is 12.3. The van der Waals surface area contributed by atoms with Crippen LogP contribution in [0, 0.1) is 0 Å². The van der Waals surface area contributed by atoms with Crippen LogP contribution in [0.2, 0.25) is 0 Å². The highest BCUT2D eigenvalue weighted by molar-refractivity contribution is 9.11. The van der Waals surface area contributed by atoms with Crippen molar-refractivity contribution in [3.8, 4) is 0 Å². The maximum Gasteiger partial charge on any atom is 0.0718 e. The van der Waals surface area contributed by atoms with Crippen LogP contribution < -0.4 is 0 Å². The highest BCUT2D eigenvalue weighted by Crippen LogP contribution is 2.61. The first kappa shape index (κ1) is 19.4. The lowest BCUT2D eigenvalue weighted by atomic mass is 9.67. The fourth-order valence-corrected chi connectivity index (χ4v) is 4.79. The van der Waals surface area contributed by atoms with Gasteiger partial charge >= 0.3 is 0 Å². The van der Waals surface area contributed by atoms with Gasteiger partial charge < -0.3 is 0 Å². The highest BCUT2D eigenvalue weighted by Gasteiger charge is 2.51. The van der Waals surface area contributed by atoms with E-state index in [-0.39, 0.29) is 5.41 Å². The summed E-state index contributed by atoms with van der Waals surface area (Å²) in [5.74, 6) is 0. The molecule has 1 aromatic carbocycles. The molecule has 136 valence electrons. The Bertz CT molecular complexity index is 1000. The van der Waals surface area contributed by atoms with Crippen molar-refractivity contribution in [3.63, 3.8) is 0 Å². The molecule has 27 heavy (non-hydrogen) atoms. The van der Waals surface area contributed by atoms with Crippen LogP contribution in [0.5, 0.6) is 0 Å². The zero-order valence-electron chi connectivity index (χ0n) is 16.3. The SMILES string of the molecule is C=CC1=C(C)C(C)=C(/C=C(/Br)C=C)C12C(C=C)=C(/C=C\C)c1ccccc12. The molecule has 1 spiro atoms. The molecule has 0 aliphatic heterocycles. The molecule has 0 saturated heterocycles. The summed E-state index contributed by atoms with van der Waals surface area (Å²) in [5, 5.41) is 0. The van der Waals surface area contributed by atoms with Gasteiger partial charge in [0.15, 0.2) is 0 Å². The summed E-state index contributed by atoms with van der Waals surface area (Å²) < 4.78 is 0.967. The third kappa shape index (κ3) is 2.56. The van der Waals surface area contributed by atoms with Crippen molar-refractivity contribution < 1.29 is 0 Å². The van der Waals surface area contributed by atoms with Crippen LogP contribution >= 0.6 is 15.9 Å². The number of benzene rings is 1. The Hall–Kier alpha value is -2.38. The van der Waals surface area contributed by atoms with Crippen LogP contribution in [-0.2, 0) is 5.41 Å². The first-order chi connectivity index (χ1) is 13.0. The number of allylic oxidation sites excluding steroid dienone is 13. The molecule has 0 heterocycles. The lowest BCUT2D eigenvalue weighted by Gasteiger charge is -2.33.